The van der Waals surface area contributed by atoms with Gasteiger partial charge in [-0.1, -0.05) is 159 Å². The minimum absolute atomic E-state index is 0.0279. The molecule has 0 radical (unpaired) electrons. The van der Waals surface area contributed by atoms with E-state index in [0.717, 1.165) is 12.1 Å². The SMILES string of the molecule is CC12CCCCC1(C)N(c1cc3c4c(c1)N(c1ccc(-c5ccccc5)cc1)c1ccc(-c5ccccc5)cc1B4c1ccccc1N3c1ccccc1)c1ccccc12. The lowest BCUT2D eigenvalue weighted by Crippen LogP contribution is -2.61. The van der Waals surface area contributed by atoms with Crippen LogP contribution in [0.1, 0.15) is 45.1 Å². The first-order valence-corrected chi connectivity index (χ1v) is 21.7. The highest BCUT2D eigenvalue weighted by Crippen LogP contribution is 2.61. The molecule has 0 amide bonds. The van der Waals surface area contributed by atoms with Crippen LogP contribution in [0.15, 0.2) is 194 Å². The zero-order valence-electron chi connectivity index (χ0n) is 34.2. The molecule has 2 atom stereocenters. The van der Waals surface area contributed by atoms with E-state index in [-0.39, 0.29) is 17.7 Å². The van der Waals surface area contributed by atoms with Crippen LogP contribution in [0.3, 0.4) is 0 Å². The molecule has 0 spiro atoms. The number of fused-ring (bicyclic) bond motifs is 7. The summed E-state index contributed by atoms with van der Waals surface area (Å²) < 4.78 is 0. The van der Waals surface area contributed by atoms with E-state index < -0.39 is 0 Å². The number of hydrogen-bond donors (Lipinski definition) is 0. The number of rotatable bonds is 5. The van der Waals surface area contributed by atoms with Crippen LogP contribution < -0.4 is 31.1 Å². The highest BCUT2D eigenvalue weighted by molar-refractivity contribution is 7.00. The molecule has 3 aliphatic heterocycles. The Morgan fingerprint density at radius 3 is 1.62 bits per heavy atom. The summed E-state index contributed by atoms with van der Waals surface area (Å²) in [7, 11) is 0. The molecule has 3 heterocycles. The Balaban J connectivity index is 1.17. The maximum Gasteiger partial charge on any atom is 0.252 e. The van der Waals surface area contributed by atoms with Crippen LogP contribution in [0.25, 0.3) is 22.3 Å². The third kappa shape index (κ3) is 5.03. The Labute approximate surface area is 354 Å². The van der Waals surface area contributed by atoms with Crippen molar-refractivity contribution >= 4 is 68.6 Å². The van der Waals surface area contributed by atoms with E-state index in [1.165, 1.54) is 103 Å². The largest absolute Gasteiger partial charge is 0.334 e. The van der Waals surface area contributed by atoms with E-state index in [1.807, 2.05) is 0 Å². The summed E-state index contributed by atoms with van der Waals surface area (Å²) in [6, 6.07) is 72.5. The van der Waals surface area contributed by atoms with Crippen molar-refractivity contribution in [2.24, 2.45) is 0 Å². The average Bonchev–Trinajstić information content (AvgIpc) is 3.52. The van der Waals surface area contributed by atoms with Gasteiger partial charge in [0, 0.05) is 50.9 Å². The van der Waals surface area contributed by atoms with Gasteiger partial charge >= 0.3 is 0 Å². The van der Waals surface area contributed by atoms with Gasteiger partial charge in [0.05, 0.1) is 5.54 Å². The van der Waals surface area contributed by atoms with Crippen LogP contribution in [0.2, 0.25) is 0 Å². The number of benzene rings is 8. The van der Waals surface area contributed by atoms with Gasteiger partial charge in [-0.25, -0.2) is 0 Å². The monoisotopic (exact) mass is 771 g/mol. The maximum absolute atomic E-state index is 2.75. The van der Waals surface area contributed by atoms with Crippen LogP contribution in [0.5, 0.6) is 0 Å². The quantitative estimate of drug-likeness (QED) is 0.161. The second-order valence-electron chi connectivity index (χ2n) is 17.6. The minimum atomic E-state index is -0.0846. The third-order valence-corrected chi connectivity index (χ3v) is 14.6. The smallest absolute Gasteiger partial charge is 0.252 e. The molecular formula is C56H46BN3. The van der Waals surface area contributed by atoms with Crippen molar-refractivity contribution in [2.45, 2.75) is 50.5 Å². The summed E-state index contributed by atoms with van der Waals surface area (Å²) in [5.41, 5.74) is 20.2. The molecule has 0 N–H and O–H groups in total. The molecule has 4 heteroatoms. The first-order valence-electron chi connectivity index (χ1n) is 21.7. The summed E-state index contributed by atoms with van der Waals surface area (Å²) in [5.74, 6) is 0. The molecule has 2 unspecified atom stereocenters. The Morgan fingerprint density at radius 1 is 0.400 bits per heavy atom. The summed E-state index contributed by atoms with van der Waals surface area (Å²) in [6.07, 6.45) is 4.83. The molecule has 1 aliphatic carbocycles. The summed E-state index contributed by atoms with van der Waals surface area (Å²) in [4.78, 5) is 7.86. The molecule has 8 aromatic rings. The summed E-state index contributed by atoms with van der Waals surface area (Å²) in [5, 5.41) is 0. The fourth-order valence-electron chi connectivity index (χ4n) is 11.5. The fourth-order valence-corrected chi connectivity index (χ4v) is 11.5. The van der Waals surface area contributed by atoms with Gasteiger partial charge in [-0.2, -0.15) is 0 Å². The highest BCUT2D eigenvalue weighted by atomic mass is 15.3. The van der Waals surface area contributed by atoms with E-state index in [0.29, 0.717) is 0 Å². The zero-order chi connectivity index (χ0) is 40.0. The van der Waals surface area contributed by atoms with Crippen LogP contribution in [-0.4, -0.2) is 12.3 Å². The maximum atomic E-state index is 2.75. The highest BCUT2D eigenvalue weighted by Gasteiger charge is 2.58. The third-order valence-electron chi connectivity index (χ3n) is 14.6. The van der Waals surface area contributed by atoms with E-state index in [1.54, 1.807) is 0 Å². The lowest BCUT2D eigenvalue weighted by Gasteiger charge is -2.51. The second-order valence-corrected chi connectivity index (χ2v) is 17.6. The van der Waals surface area contributed by atoms with Gasteiger partial charge in [-0.3, -0.25) is 0 Å². The molecule has 288 valence electrons. The first-order chi connectivity index (χ1) is 29.5. The Hall–Kier alpha value is -6.78. The van der Waals surface area contributed by atoms with Gasteiger partial charge in [0.15, 0.2) is 0 Å². The van der Waals surface area contributed by atoms with E-state index >= 15 is 0 Å². The Morgan fingerprint density at radius 2 is 0.917 bits per heavy atom. The van der Waals surface area contributed by atoms with Crippen molar-refractivity contribution < 1.29 is 0 Å². The Bertz CT molecular complexity index is 2930. The molecule has 12 rings (SSSR count). The molecule has 0 aromatic heterocycles. The number of nitrogens with zero attached hydrogens (tertiary/aromatic N) is 3. The lowest BCUT2D eigenvalue weighted by atomic mass is 9.33. The van der Waals surface area contributed by atoms with E-state index in [4.69, 9.17) is 0 Å². The average molecular weight is 772 g/mol. The van der Waals surface area contributed by atoms with Crippen molar-refractivity contribution in [3.05, 3.63) is 200 Å². The van der Waals surface area contributed by atoms with Crippen molar-refractivity contribution in [3.8, 4) is 22.3 Å². The number of anilines is 8. The molecule has 60 heavy (non-hydrogen) atoms. The second kappa shape index (κ2) is 13.4. The topological polar surface area (TPSA) is 9.72 Å². The van der Waals surface area contributed by atoms with Crippen molar-refractivity contribution in [1.29, 1.82) is 0 Å². The molecule has 1 fully saturated rings. The molecule has 0 saturated heterocycles. The van der Waals surface area contributed by atoms with E-state index in [2.05, 4.69) is 223 Å². The number of hydrogen-bond acceptors (Lipinski definition) is 3. The number of para-hydroxylation sites is 3. The van der Waals surface area contributed by atoms with Crippen LogP contribution >= 0.6 is 0 Å². The van der Waals surface area contributed by atoms with Gasteiger partial charge in [0.1, 0.15) is 0 Å². The molecular weight excluding hydrogens is 725 g/mol. The van der Waals surface area contributed by atoms with Gasteiger partial charge in [0.2, 0.25) is 0 Å². The normalized spacial score (nSPS) is 19.6. The van der Waals surface area contributed by atoms with Crippen LogP contribution in [-0.2, 0) is 5.41 Å². The van der Waals surface area contributed by atoms with Crippen LogP contribution in [0.4, 0.5) is 45.5 Å². The minimum Gasteiger partial charge on any atom is -0.334 e. The predicted molar refractivity (Wildman–Crippen MR) is 254 cm³/mol. The predicted octanol–water partition coefficient (Wildman–Crippen LogP) is 12.8. The van der Waals surface area contributed by atoms with Crippen molar-refractivity contribution in [3.63, 3.8) is 0 Å². The first kappa shape index (κ1) is 35.2. The molecule has 1 saturated carbocycles. The molecule has 0 bridgehead atoms. The van der Waals surface area contributed by atoms with Gasteiger partial charge < -0.3 is 14.7 Å². The molecule has 8 aromatic carbocycles. The molecule has 4 aliphatic rings. The van der Waals surface area contributed by atoms with Crippen LogP contribution in [0, 0.1) is 0 Å². The molecule has 3 nitrogen and oxygen atoms in total. The van der Waals surface area contributed by atoms with Crippen molar-refractivity contribution in [1.82, 2.24) is 0 Å². The Kier molecular flexibility index (Phi) is 7.84. The van der Waals surface area contributed by atoms with Gasteiger partial charge in [0.25, 0.3) is 6.71 Å². The fraction of sp³-hybridized carbons (Fsp3) is 0.143. The van der Waals surface area contributed by atoms with Crippen molar-refractivity contribution in [2.75, 3.05) is 14.7 Å². The van der Waals surface area contributed by atoms with Gasteiger partial charge in [-0.05, 0) is 119 Å². The zero-order valence-corrected chi connectivity index (χ0v) is 34.2. The van der Waals surface area contributed by atoms with E-state index in [9.17, 15) is 0 Å². The van der Waals surface area contributed by atoms with Gasteiger partial charge in [-0.15, -0.1) is 0 Å². The lowest BCUT2D eigenvalue weighted by molar-refractivity contribution is 0.195. The summed E-state index contributed by atoms with van der Waals surface area (Å²) >= 11 is 0. The standard InChI is InChI=1S/C56H46BN3/c1-55-34-16-17-35-56(55,2)60(49-26-14-12-24-46(49)55)45-37-52-54-53(38-45)59(44-31-28-41(29-32-44)39-18-6-3-7-19-39)51-33-30-42(40-20-8-4-9-21-40)36-48(51)57(54)47-25-13-15-27-50(47)58(52)43-22-10-5-11-23-43/h3-15,18-33,36-38H,16-17,34-35H2,1-2H3. The summed E-state index contributed by atoms with van der Waals surface area (Å²) in [6.45, 7) is 5.11.